The third-order valence-corrected chi connectivity index (χ3v) is 5.35. The Kier molecular flexibility index (Phi) is 4.36. The van der Waals surface area contributed by atoms with Crippen LogP contribution in [0.2, 0.25) is 0 Å². The maximum Gasteiger partial charge on any atom is 0.330 e. The Morgan fingerprint density at radius 3 is 2.22 bits per heavy atom. The summed E-state index contributed by atoms with van der Waals surface area (Å²) in [4.78, 5) is 25.3. The van der Waals surface area contributed by atoms with E-state index in [1.807, 2.05) is 65.4 Å². The summed E-state index contributed by atoms with van der Waals surface area (Å²) < 4.78 is 5.71. The van der Waals surface area contributed by atoms with Crippen molar-refractivity contribution >= 4 is 26.8 Å². The van der Waals surface area contributed by atoms with Crippen LogP contribution in [0.15, 0.2) is 74.9 Å². The number of nitrogens with zero attached hydrogens (tertiary/aromatic N) is 3. The van der Waals surface area contributed by atoms with Gasteiger partial charge in [-0.2, -0.15) is 0 Å². The molecule has 0 aliphatic heterocycles. The molecule has 2 heterocycles. The van der Waals surface area contributed by atoms with Crippen LogP contribution in [-0.4, -0.2) is 13.7 Å². The zero-order chi connectivity index (χ0) is 19.1. The van der Waals surface area contributed by atoms with E-state index in [1.54, 1.807) is 7.05 Å². The lowest BCUT2D eigenvalue weighted by Crippen LogP contribution is -2.36. The molecule has 4 rings (SSSR count). The van der Waals surface area contributed by atoms with Gasteiger partial charge < -0.3 is 4.57 Å². The molecule has 2 aromatic heterocycles. The largest absolute Gasteiger partial charge is 0.340 e. The van der Waals surface area contributed by atoms with E-state index in [0.717, 1.165) is 25.9 Å². The Morgan fingerprint density at radius 2 is 1.56 bits per heavy atom. The second kappa shape index (κ2) is 6.70. The fraction of sp³-hybridized carbons (Fsp3) is 0.143. The van der Waals surface area contributed by atoms with Crippen molar-refractivity contribution in [3.8, 4) is 11.3 Å². The highest BCUT2D eigenvalue weighted by molar-refractivity contribution is 9.10. The molecule has 0 fully saturated rings. The van der Waals surface area contributed by atoms with Gasteiger partial charge in [-0.05, 0) is 23.3 Å². The molecule has 0 saturated heterocycles. The average molecular weight is 424 g/mol. The number of hydrogen-bond acceptors (Lipinski definition) is 2. The van der Waals surface area contributed by atoms with Gasteiger partial charge in [-0.15, -0.1) is 0 Å². The molecule has 136 valence electrons. The average Bonchev–Trinajstić information content (AvgIpc) is 3.05. The first-order valence-electron chi connectivity index (χ1n) is 8.56. The molecule has 0 unspecified atom stereocenters. The minimum Gasteiger partial charge on any atom is -0.340 e. The minimum absolute atomic E-state index is 0.280. The molecule has 0 N–H and O–H groups in total. The molecule has 6 heteroatoms. The summed E-state index contributed by atoms with van der Waals surface area (Å²) in [5.41, 5.74) is 2.90. The Labute approximate surface area is 164 Å². The summed E-state index contributed by atoms with van der Waals surface area (Å²) in [6, 6.07) is 17.9. The van der Waals surface area contributed by atoms with Crippen LogP contribution in [0, 0.1) is 0 Å². The smallest absolute Gasteiger partial charge is 0.330 e. The topological polar surface area (TPSA) is 48.9 Å². The van der Waals surface area contributed by atoms with Crippen LogP contribution in [0.5, 0.6) is 0 Å². The molecule has 0 radical (unpaired) electrons. The van der Waals surface area contributed by atoms with E-state index in [2.05, 4.69) is 15.9 Å². The molecule has 0 spiro atoms. The van der Waals surface area contributed by atoms with Crippen LogP contribution in [0.3, 0.4) is 0 Å². The molecule has 0 saturated carbocycles. The van der Waals surface area contributed by atoms with Crippen molar-refractivity contribution in [3.05, 3.63) is 91.7 Å². The van der Waals surface area contributed by atoms with E-state index in [4.69, 9.17) is 0 Å². The van der Waals surface area contributed by atoms with Crippen molar-refractivity contribution in [1.82, 2.24) is 13.7 Å². The molecule has 5 nitrogen and oxygen atoms in total. The monoisotopic (exact) mass is 423 g/mol. The highest BCUT2D eigenvalue weighted by Crippen LogP contribution is 2.29. The first kappa shape index (κ1) is 17.5. The van der Waals surface area contributed by atoms with Crippen molar-refractivity contribution in [2.75, 3.05) is 0 Å². The van der Waals surface area contributed by atoms with E-state index in [0.29, 0.717) is 17.4 Å². The number of aromatic nitrogens is 3. The predicted molar refractivity (Wildman–Crippen MR) is 111 cm³/mol. The van der Waals surface area contributed by atoms with Crippen LogP contribution in [-0.2, 0) is 20.6 Å². The Morgan fingerprint density at radius 1 is 0.889 bits per heavy atom. The van der Waals surface area contributed by atoms with Gasteiger partial charge in [0.1, 0.15) is 0 Å². The van der Waals surface area contributed by atoms with Crippen LogP contribution in [0.4, 0.5) is 0 Å². The lowest BCUT2D eigenvalue weighted by molar-refractivity contribution is 0.714. The Balaban J connectivity index is 2.07. The first-order chi connectivity index (χ1) is 13.0. The SMILES string of the molecule is Cn1c(=O)c2c(-c3ccc(Br)cc3)n(Cc3ccccc3)cc2n(C)c1=O. The summed E-state index contributed by atoms with van der Waals surface area (Å²) in [7, 11) is 3.21. The second-order valence-corrected chi connectivity index (χ2v) is 7.48. The van der Waals surface area contributed by atoms with Gasteiger partial charge in [0.15, 0.2) is 0 Å². The molecular weight excluding hydrogens is 406 g/mol. The van der Waals surface area contributed by atoms with Gasteiger partial charge in [-0.1, -0.05) is 58.4 Å². The van der Waals surface area contributed by atoms with Gasteiger partial charge in [0.25, 0.3) is 5.56 Å². The van der Waals surface area contributed by atoms with Crippen molar-refractivity contribution in [2.45, 2.75) is 6.54 Å². The van der Waals surface area contributed by atoms with Gasteiger partial charge in [-0.3, -0.25) is 13.9 Å². The lowest BCUT2D eigenvalue weighted by atomic mass is 10.1. The number of benzene rings is 2. The molecule has 0 aliphatic carbocycles. The summed E-state index contributed by atoms with van der Waals surface area (Å²) in [6.07, 6.45) is 1.89. The van der Waals surface area contributed by atoms with Crippen molar-refractivity contribution in [1.29, 1.82) is 0 Å². The number of halogens is 1. The second-order valence-electron chi connectivity index (χ2n) is 6.56. The zero-order valence-corrected chi connectivity index (χ0v) is 16.6. The molecule has 0 amide bonds. The molecular formula is C21H18BrN3O2. The van der Waals surface area contributed by atoms with Crippen molar-refractivity contribution in [3.63, 3.8) is 0 Å². The molecule has 0 atom stereocenters. The van der Waals surface area contributed by atoms with E-state index in [1.165, 1.54) is 11.6 Å². The fourth-order valence-corrected chi connectivity index (χ4v) is 3.68. The summed E-state index contributed by atoms with van der Waals surface area (Å²) >= 11 is 3.46. The molecule has 4 aromatic rings. The van der Waals surface area contributed by atoms with Crippen LogP contribution < -0.4 is 11.2 Å². The van der Waals surface area contributed by atoms with Gasteiger partial charge >= 0.3 is 5.69 Å². The molecule has 27 heavy (non-hydrogen) atoms. The quantitative estimate of drug-likeness (QED) is 0.506. The third-order valence-electron chi connectivity index (χ3n) is 4.83. The van der Waals surface area contributed by atoms with E-state index >= 15 is 0 Å². The normalized spacial score (nSPS) is 11.2. The summed E-state index contributed by atoms with van der Waals surface area (Å²) in [6.45, 7) is 0.609. The zero-order valence-electron chi connectivity index (χ0n) is 15.0. The standard InChI is InChI=1S/C21H18BrN3O2/c1-23-17-13-25(12-14-6-4-3-5-7-14)19(15-8-10-16(22)11-9-15)18(17)20(26)24(2)21(23)27/h3-11,13H,12H2,1-2H3. The van der Waals surface area contributed by atoms with Gasteiger partial charge in [0, 0.05) is 31.3 Å². The number of hydrogen-bond donors (Lipinski definition) is 0. The minimum atomic E-state index is -0.327. The van der Waals surface area contributed by atoms with Crippen LogP contribution in [0.1, 0.15) is 5.56 Å². The van der Waals surface area contributed by atoms with Crippen molar-refractivity contribution in [2.24, 2.45) is 14.1 Å². The Hall–Kier alpha value is -2.86. The van der Waals surface area contributed by atoms with Crippen molar-refractivity contribution < 1.29 is 0 Å². The maximum atomic E-state index is 13.0. The Bertz CT molecular complexity index is 1250. The van der Waals surface area contributed by atoms with E-state index < -0.39 is 0 Å². The summed E-state index contributed by atoms with van der Waals surface area (Å²) in [5.74, 6) is 0. The first-order valence-corrected chi connectivity index (χ1v) is 9.35. The molecule has 0 bridgehead atoms. The van der Waals surface area contributed by atoms with Gasteiger partial charge in [-0.25, -0.2) is 4.79 Å². The fourth-order valence-electron chi connectivity index (χ4n) is 3.41. The van der Waals surface area contributed by atoms with Crippen LogP contribution in [0.25, 0.3) is 22.2 Å². The number of fused-ring (bicyclic) bond motifs is 1. The number of aryl methyl sites for hydroxylation is 1. The number of rotatable bonds is 3. The van der Waals surface area contributed by atoms with E-state index in [9.17, 15) is 9.59 Å². The van der Waals surface area contributed by atoms with Gasteiger partial charge in [0.05, 0.1) is 16.6 Å². The van der Waals surface area contributed by atoms with E-state index in [-0.39, 0.29) is 11.2 Å². The highest BCUT2D eigenvalue weighted by atomic mass is 79.9. The van der Waals surface area contributed by atoms with Gasteiger partial charge in [0.2, 0.25) is 0 Å². The maximum absolute atomic E-state index is 13.0. The lowest BCUT2D eigenvalue weighted by Gasteiger charge is -2.10. The molecule has 0 aliphatic rings. The molecule has 2 aromatic carbocycles. The predicted octanol–water partition coefficient (Wildman–Crippen LogP) is 3.52. The highest BCUT2D eigenvalue weighted by Gasteiger charge is 2.19. The van der Waals surface area contributed by atoms with Crippen LogP contribution >= 0.6 is 15.9 Å². The third kappa shape index (κ3) is 2.96. The summed E-state index contributed by atoms with van der Waals surface area (Å²) in [5, 5.41) is 0.554.